The van der Waals surface area contributed by atoms with Gasteiger partial charge in [0.05, 0.1) is 21.3 Å². The number of aromatic nitrogens is 2. The second kappa shape index (κ2) is 7.33. The number of nitrogens with two attached hydrogens (primary N) is 1. The largest absolute Gasteiger partial charge is 0.368 e. The van der Waals surface area contributed by atoms with Gasteiger partial charge < -0.3 is 15.5 Å². The Bertz CT molecular complexity index is 948. The van der Waals surface area contributed by atoms with Crippen molar-refractivity contribution in [2.24, 2.45) is 5.73 Å². The molecule has 0 aromatic carbocycles. The lowest BCUT2D eigenvalue weighted by Gasteiger charge is -2.22. The van der Waals surface area contributed by atoms with E-state index in [0.717, 1.165) is 16.3 Å². The molecule has 156 valence electrons. The van der Waals surface area contributed by atoms with Gasteiger partial charge in [-0.15, -0.1) is 11.3 Å². The number of carbonyl (C=O) groups is 2. The molecule has 2 aliphatic rings. The Hall–Kier alpha value is -2.04. The average Bonchev–Trinajstić information content (AvgIpc) is 3.08. The Morgan fingerprint density at radius 3 is 2.69 bits per heavy atom. The van der Waals surface area contributed by atoms with Crippen LogP contribution >= 0.6 is 22.7 Å². The van der Waals surface area contributed by atoms with Gasteiger partial charge in [0.25, 0.3) is 0 Å². The molecule has 4 rings (SSSR count). The van der Waals surface area contributed by atoms with Crippen molar-refractivity contribution in [2.75, 3.05) is 26.0 Å². The normalized spacial score (nSPS) is 22.9. The SMILES string of the molecule is Cc1nc(NC(=O)N2C[C@@H](N(C)C)CC2C(N)=O)sc1-c1csc(C2(C)CC2)n1. The number of anilines is 1. The highest BCUT2D eigenvalue weighted by Crippen LogP contribution is 2.49. The molecule has 0 spiro atoms. The van der Waals surface area contributed by atoms with Gasteiger partial charge >= 0.3 is 6.03 Å². The minimum atomic E-state index is -0.608. The second-order valence-corrected chi connectivity index (χ2v) is 10.2. The Morgan fingerprint density at radius 2 is 2.07 bits per heavy atom. The number of likely N-dealkylation sites (tertiary alicyclic amines) is 1. The summed E-state index contributed by atoms with van der Waals surface area (Å²) in [6, 6.07) is -0.852. The van der Waals surface area contributed by atoms with Crippen molar-refractivity contribution < 1.29 is 9.59 Å². The van der Waals surface area contributed by atoms with Crippen molar-refractivity contribution in [2.45, 2.75) is 50.6 Å². The summed E-state index contributed by atoms with van der Waals surface area (Å²) in [4.78, 5) is 38.5. The molecule has 3 N–H and O–H groups in total. The third-order valence-corrected chi connectivity index (χ3v) is 8.11. The third-order valence-electron chi connectivity index (χ3n) is 5.86. The lowest BCUT2D eigenvalue weighted by atomic mass is 10.1. The number of hydrogen-bond donors (Lipinski definition) is 2. The summed E-state index contributed by atoms with van der Waals surface area (Å²) in [5, 5.41) is 6.59. The lowest BCUT2D eigenvalue weighted by molar-refractivity contribution is -0.121. The molecule has 1 aliphatic heterocycles. The molecule has 10 heteroatoms. The second-order valence-electron chi connectivity index (χ2n) is 8.39. The number of rotatable bonds is 5. The quantitative estimate of drug-likeness (QED) is 0.753. The first kappa shape index (κ1) is 20.2. The molecular formula is C19H26N6O2S2. The summed E-state index contributed by atoms with van der Waals surface area (Å²) in [5.41, 5.74) is 7.52. The van der Waals surface area contributed by atoms with Gasteiger partial charge in [0.1, 0.15) is 6.04 Å². The van der Waals surface area contributed by atoms with E-state index < -0.39 is 11.9 Å². The number of amides is 3. The Morgan fingerprint density at radius 1 is 1.34 bits per heavy atom. The molecular weight excluding hydrogens is 408 g/mol. The molecule has 3 heterocycles. The number of carbonyl (C=O) groups excluding carboxylic acids is 2. The number of primary amides is 1. The minimum absolute atomic E-state index is 0.101. The van der Waals surface area contributed by atoms with E-state index in [2.05, 4.69) is 22.6 Å². The first-order valence-corrected chi connectivity index (χ1v) is 11.3. The van der Waals surface area contributed by atoms with E-state index in [1.807, 2.05) is 25.9 Å². The standard InChI is InChI=1S/C19H26N6O2S2/c1-10-14(12-9-28-16(22-12)19(2)5-6-19)29-17(21-10)23-18(27)25-8-11(24(3)4)7-13(25)15(20)26/h9,11,13H,5-8H2,1-4H3,(H2,20,26)(H,21,23,27)/t11-,13?/m0/s1. The van der Waals surface area contributed by atoms with E-state index in [4.69, 9.17) is 10.7 Å². The van der Waals surface area contributed by atoms with Crippen LogP contribution in [0.2, 0.25) is 0 Å². The van der Waals surface area contributed by atoms with Crippen LogP contribution in [-0.2, 0) is 10.2 Å². The van der Waals surface area contributed by atoms with E-state index in [1.54, 1.807) is 11.3 Å². The van der Waals surface area contributed by atoms with Gasteiger partial charge in [-0.2, -0.15) is 0 Å². The smallest absolute Gasteiger partial charge is 0.324 e. The maximum Gasteiger partial charge on any atom is 0.324 e. The third kappa shape index (κ3) is 3.88. The predicted molar refractivity (Wildman–Crippen MR) is 115 cm³/mol. The zero-order valence-corrected chi connectivity index (χ0v) is 18.7. The Balaban J connectivity index is 1.50. The molecule has 29 heavy (non-hydrogen) atoms. The first-order valence-electron chi connectivity index (χ1n) is 9.65. The molecule has 2 fully saturated rings. The lowest BCUT2D eigenvalue weighted by Crippen LogP contribution is -2.45. The summed E-state index contributed by atoms with van der Waals surface area (Å²) >= 11 is 3.10. The van der Waals surface area contributed by atoms with Crippen LogP contribution in [0, 0.1) is 6.92 Å². The molecule has 2 aromatic rings. The molecule has 1 saturated heterocycles. The maximum absolute atomic E-state index is 12.8. The predicted octanol–water partition coefficient (Wildman–Crippen LogP) is 2.65. The Kier molecular flexibility index (Phi) is 5.12. The van der Waals surface area contributed by atoms with Crippen molar-refractivity contribution >= 4 is 39.7 Å². The summed E-state index contributed by atoms with van der Waals surface area (Å²) < 4.78 is 0. The van der Waals surface area contributed by atoms with Gasteiger partial charge in [0, 0.05) is 23.4 Å². The maximum atomic E-state index is 12.8. The van der Waals surface area contributed by atoms with E-state index in [9.17, 15) is 9.59 Å². The van der Waals surface area contributed by atoms with Crippen LogP contribution in [0.1, 0.15) is 36.9 Å². The van der Waals surface area contributed by atoms with Gasteiger partial charge in [0.15, 0.2) is 5.13 Å². The van der Waals surface area contributed by atoms with Crippen LogP contribution < -0.4 is 11.1 Å². The summed E-state index contributed by atoms with van der Waals surface area (Å²) in [6.07, 6.45) is 2.92. The highest BCUT2D eigenvalue weighted by molar-refractivity contribution is 7.19. The van der Waals surface area contributed by atoms with E-state index in [0.29, 0.717) is 18.1 Å². The topological polar surface area (TPSA) is 104 Å². The van der Waals surface area contributed by atoms with Gasteiger partial charge in [-0.25, -0.2) is 14.8 Å². The van der Waals surface area contributed by atoms with Crippen LogP contribution in [0.25, 0.3) is 10.6 Å². The molecule has 2 atom stereocenters. The van der Waals surface area contributed by atoms with Gasteiger partial charge in [-0.05, 0) is 40.3 Å². The van der Waals surface area contributed by atoms with Crippen LogP contribution in [0.3, 0.4) is 0 Å². The van der Waals surface area contributed by atoms with E-state index in [-0.39, 0.29) is 17.5 Å². The average molecular weight is 435 g/mol. The number of aryl methyl sites for hydroxylation is 1. The minimum Gasteiger partial charge on any atom is -0.368 e. The number of thiazole rings is 2. The van der Waals surface area contributed by atoms with E-state index >= 15 is 0 Å². The van der Waals surface area contributed by atoms with Crippen molar-refractivity contribution in [3.05, 3.63) is 16.1 Å². The van der Waals surface area contributed by atoms with Crippen molar-refractivity contribution in [1.29, 1.82) is 0 Å². The number of nitrogens with zero attached hydrogens (tertiary/aromatic N) is 4. The number of hydrogen-bond acceptors (Lipinski definition) is 7. The summed E-state index contributed by atoms with van der Waals surface area (Å²) in [7, 11) is 3.87. The molecule has 0 bridgehead atoms. The van der Waals surface area contributed by atoms with Gasteiger partial charge in [-0.3, -0.25) is 10.1 Å². The Labute approximate surface area is 178 Å². The zero-order valence-electron chi connectivity index (χ0n) is 17.1. The number of likely N-dealkylation sites (N-methyl/N-ethyl adjacent to an activating group) is 1. The summed E-state index contributed by atoms with van der Waals surface area (Å²) in [5.74, 6) is -0.482. The van der Waals surface area contributed by atoms with E-state index in [1.165, 1.54) is 34.1 Å². The fourth-order valence-electron chi connectivity index (χ4n) is 3.59. The van der Waals surface area contributed by atoms with Gasteiger partial charge in [0.2, 0.25) is 5.91 Å². The van der Waals surface area contributed by atoms with Crippen LogP contribution in [-0.4, -0.2) is 64.4 Å². The van der Waals surface area contributed by atoms with Crippen LogP contribution in [0.15, 0.2) is 5.38 Å². The van der Waals surface area contributed by atoms with Crippen molar-refractivity contribution in [1.82, 2.24) is 19.8 Å². The fraction of sp³-hybridized carbons (Fsp3) is 0.579. The van der Waals surface area contributed by atoms with Crippen LogP contribution in [0.4, 0.5) is 9.93 Å². The van der Waals surface area contributed by atoms with Gasteiger partial charge in [-0.1, -0.05) is 18.3 Å². The first-order chi connectivity index (χ1) is 13.7. The fourth-order valence-corrected chi connectivity index (χ4v) is 5.61. The molecule has 3 amide bonds. The molecule has 1 aliphatic carbocycles. The van der Waals surface area contributed by atoms with Crippen LogP contribution in [0.5, 0.6) is 0 Å². The summed E-state index contributed by atoms with van der Waals surface area (Å²) in [6.45, 7) is 4.62. The van der Waals surface area contributed by atoms with Crippen molar-refractivity contribution in [3.8, 4) is 10.6 Å². The highest BCUT2D eigenvalue weighted by atomic mass is 32.1. The number of nitrogens with one attached hydrogen (secondary N) is 1. The molecule has 1 saturated carbocycles. The number of urea groups is 1. The zero-order chi connectivity index (χ0) is 20.9. The highest BCUT2D eigenvalue weighted by Gasteiger charge is 2.42. The molecule has 8 nitrogen and oxygen atoms in total. The molecule has 1 unspecified atom stereocenters. The monoisotopic (exact) mass is 434 g/mol. The molecule has 2 aromatic heterocycles. The van der Waals surface area contributed by atoms with Crippen molar-refractivity contribution in [3.63, 3.8) is 0 Å². The molecule has 0 radical (unpaired) electrons.